The maximum Gasteiger partial charge on any atom is 0.344 e. The van der Waals surface area contributed by atoms with Crippen LogP contribution in [0, 0.1) is 0 Å². The van der Waals surface area contributed by atoms with E-state index in [1.165, 1.54) is 6.42 Å². The lowest BCUT2D eigenvalue weighted by molar-refractivity contribution is 0.0214. The van der Waals surface area contributed by atoms with Gasteiger partial charge in [0.25, 0.3) is 0 Å². The summed E-state index contributed by atoms with van der Waals surface area (Å²) in [6.07, 6.45) is 5.12. The zero-order valence-electron chi connectivity index (χ0n) is 17.6. The van der Waals surface area contributed by atoms with E-state index in [1.807, 2.05) is 59.2 Å². The molecule has 5 rings (SSSR count). The Labute approximate surface area is 181 Å². The fourth-order valence-electron chi connectivity index (χ4n) is 4.55. The van der Waals surface area contributed by atoms with Crippen molar-refractivity contribution in [3.05, 3.63) is 65.7 Å². The summed E-state index contributed by atoms with van der Waals surface area (Å²) in [6, 6.07) is 17.6. The number of esters is 1. The van der Waals surface area contributed by atoms with Gasteiger partial charge in [-0.1, -0.05) is 48.9 Å². The molecular weight excluding hydrogens is 388 g/mol. The minimum atomic E-state index is -0.405. The topological polar surface area (TPSA) is 83.0 Å². The Hall–Kier alpha value is -3.41. The second-order valence-electron chi connectivity index (χ2n) is 8.27. The van der Waals surface area contributed by atoms with Crippen LogP contribution in [0.4, 0.5) is 5.82 Å². The van der Waals surface area contributed by atoms with E-state index in [4.69, 9.17) is 20.4 Å². The van der Waals surface area contributed by atoms with Crippen molar-refractivity contribution < 1.29 is 9.53 Å². The zero-order chi connectivity index (χ0) is 21.4. The van der Waals surface area contributed by atoms with Crippen molar-refractivity contribution in [2.24, 2.45) is 0 Å². The van der Waals surface area contributed by atoms with Crippen LogP contribution >= 0.6 is 0 Å². The summed E-state index contributed by atoms with van der Waals surface area (Å²) in [5, 5.41) is 0. The first-order valence-electron chi connectivity index (χ1n) is 11.0. The number of hydrogen-bond donors (Lipinski definition) is 1. The van der Waals surface area contributed by atoms with Crippen molar-refractivity contribution in [3.63, 3.8) is 0 Å². The van der Waals surface area contributed by atoms with E-state index in [-0.39, 0.29) is 12.1 Å². The predicted molar refractivity (Wildman–Crippen MR) is 122 cm³/mol. The fraction of sp³-hybridized carbons (Fsp3) is 0.320. The number of ether oxygens (including phenoxy) is 1. The standard InChI is InChI=1S/C25H26N4O2/c1-16(17-10-4-2-5-11-17)29-23(26)21(25(30)31-18-12-6-3-7-13-18)22-24(29)28-20-15-9-8-14-19(20)27-22/h2,4-5,8-11,14-16,18H,3,6-7,12-13,26H2,1H3. The first kappa shape index (κ1) is 19.5. The Morgan fingerprint density at radius 2 is 1.65 bits per heavy atom. The van der Waals surface area contributed by atoms with Crippen molar-refractivity contribution in [1.29, 1.82) is 0 Å². The Balaban J connectivity index is 1.68. The van der Waals surface area contributed by atoms with Crippen molar-refractivity contribution in [2.45, 2.75) is 51.2 Å². The van der Waals surface area contributed by atoms with Crippen molar-refractivity contribution in [2.75, 3.05) is 5.73 Å². The van der Waals surface area contributed by atoms with Crippen LogP contribution in [0.5, 0.6) is 0 Å². The Morgan fingerprint density at radius 3 is 2.35 bits per heavy atom. The maximum atomic E-state index is 13.3. The number of fused-ring (bicyclic) bond motifs is 2. The van der Waals surface area contributed by atoms with E-state index in [0.717, 1.165) is 42.3 Å². The van der Waals surface area contributed by atoms with E-state index in [1.54, 1.807) is 0 Å². The maximum absolute atomic E-state index is 13.3. The fourth-order valence-corrected chi connectivity index (χ4v) is 4.55. The third kappa shape index (κ3) is 3.52. The van der Waals surface area contributed by atoms with Gasteiger partial charge in [0.1, 0.15) is 23.0 Å². The molecule has 1 fully saturated rings. The number of rotatable bonds is 4. The molecule has 6 nitrogen and oxygen atoms in total. The summed E-state index contributed by atoms with van der Waals surface area (Å²) in [5.74, 6) is -0.0551. The molecular formula is C25H26N4O2. The molecule has 1 unspecified atom stereocenters. The van der Waals surface area contributed by atoms with E-state index < -0.39 is 5.97 Å². The smallest absolute Gasteiger partial charge is 0.344 e. The van der Waals surface area contributed by atoms with Gasteiger partial charge < -0.3 is 15.0 Å². The van der Waals surface area contributed by atoms with Crippen LogP contribution < -0.4 is 5.73 Å². The quantitative estimate of drug-likeness (QED) is 0.460. The lowest BCUT2D eigenvalue weighted by atomic mass is 9.98. The molecule has 1 aliphatic carbocycles. The highest BCUT2D eigenvalue weighted by atomic mass is 16.5. The van der Waals surface area contributed by atoms with Crippen molar-refractivity contribution in [1.82, 2.24) is 14.5 Å². The molecule has 0 aliphatic heterocycles. The summed E-state index contributed by atoms with van der Waals surface area (Å²) in [5.41, 5.74) is 10.6. The van der Waals surface area contributed by atoms with Crippen LogP contribution in [0.2, 0.25) is 0 Å². The minimum absolute atomic E-state index is 0.0565. The van der Waals surface area contributed by atoms with Gasteiger partial charge in [0.15, 0.2) is 5.65 Å². The summed E-state index contributed by atoms with van der Waals surface area (Å²) >= 11 is 0. The number of nitrogen functional groups attached to an aromatic ring is 1. The lowest BCUT2D eigenvalue weighted by Crippen LogP contribution is -2.21. The van der Waals surface area contributed by atoms with Crippen LogP contribution in [-0.2, 0) is 4.74 Å². The Kier molecular flexibility index (Phi) is 5.06. The summed E-state index contributed by atoms with van der Waals surface area (Å²) in [4.78, 5) is 22.9. The van der Waals surface area contributed by atoms with E-state index in [9.17, 15) is 4.79 Å². The molecule has 4 aromatic rings. The lowest BCUT2D eigenvalue weighted by Gasteiger charge is -2.22. The highest BCUT2D eigenvalue weighted by Crippen LogP contribution is 2.34. The molecule has 2 aromatic heterocycles. The second-order valence-corrected chi connectivity index (χ2v) is 8.27. The average molecular weight is 415 g/mol. The Bertz CT molecular complexity index is 1240. The van der Waals surface area contributed by atoms with Gasteiger partial charge in [-0.2, -0.15) is 0 Å². The van der Waals surface area contributed by atoms with E-state index >= 15 is 0 Å². The monoisotopic (exact) mass is 414 g/mol. The molecule has 31 heavy (non-hydrogen) atoms. The molecule has 2 aromatic carbocycles. The van der Waals surface area contributed by atoms with Gasteiger partial charge in [0, 0.05) is 0 Å². The summed E-state index contributed by atoms with van der Waals surface area (Å²) < 4.78 is 7.78. The third-order valence-electron chi connectivity index (χ3n) is 6.23. The second kappa shape index (κ2) is 8.02. The summed E-state index contributed by atoms with van der Waals surface area (Å²) in [6.45, 7) is 2.05. The van der Waals surface area contributed by atoms with Crippen LogP contribution in [0.25, 0.3) is 22.2 Å². The largest absolute Gasteiger partial charge is 0.459 e. The van der Waals surface area contributed by atoms with Crippen LogP contribution in [0.15, 0.2) is 54.6 Å². The highest BCUT2D eigenvalue weighted by molar-refractivity contribution is 6.08. The van der Waals surface area contributed by atoms with Gasteiger partial charge in [0.05, 0.1) is 17.1 Å². The zero-order valence-corrected chi connectivity index (χ0v) is 17.6. The number of anilines is 1. The van der Waals surface area contributed by atoms with Crippen LogP contribution in [0.3, 0.4) is 0 Å². The Morgan fingerprint density at radius 1 is 1.00 bits per heavy atom. The third-order valence-corrected chi connectivity index (χ3v) is 6.23. The van der Waals surface area contributed by atoms with Gasteiger partial charge in [0.2, 0.25) is 0 Å². The molecule has 2 heterocycles. The SMILES string of the molecule is CC(c1ccccc1)n1c(N)c(C(=O)OC2CCCCC2)c2nc3ccccc3nc21. The number of carbonyl (C=O) groups excluding carboxylic acids is 1. The van der Waals surface area contributed by atoms with Crippen molar-refractivity contribution in [3.8, 4) is 0 Å². The number of aromatic nitrogens is 3. The predicted octanol–water partition coefficient (Wildman–Crippen LogP) is 5.27. The molecule has 0 bridgehead atoms. The van der Waals surface area contributed by atoms with Crippen molar-refractivity contribution >= 4 is 34.0 Å². The van der Waals surface area contributed by atoms with Gasteiger partial charge in [-0.3, -0.25) is 0 Å². The number of carbonyl (C=O) groups is 1. The number of para-hydroxylation sites is 2. The number of benzene rings is 2. The first-order chi connectivity index (χ1) is 15.1. The molecule has 0 amide bonds. The van der Waals surface area contributed by atoms with Crippen LogP contribution in [0.1, 0.15) is 61.0 Å². The number of nitrogens with zero attached hydrogens (tertiary/aromatic N) is 3. The van der Waals surface area contributed by atoms with Gasteiger partial charge >= 0.3 is 5.97 Å². The molecule has 0 saturated heterocycles. The van der Waals surface area contributed by atoms with Gasteiger partial charge in [-0.25, -0.2) is 14.8 Å². The molecule has 6 heteroatoms. The molecule has 1 atom stereocenters. The first-order valence-corrected chi connectivity index (χ1v) is 11.0. The molecule has 1 saturated carbocycles. The normalized spacial score (nSPS) is 15.9. The minimum Gasteiger partial charge on any atom is -0.459 e. The van der Waals surface area contributed by atoms with E-state index in [0.29, 0.717) is 22.5 Å². The molecule has 1 aliphatic rings. The molecule has 158 valence electrons. The molecule has 0 spiro atoms. The van der Waals surface area contributed by atoms with E-state index in [2.05, 4.69) is 6.92 Å². The number of hydrogen-bond acceptors (Lipinski definition) is 5. The summed E-state index contributed by atoms with van der Waals surface area (Å²) in [7, 11) is 0. The van der Waals surface area contributed by atoms with Gasteiger partial charge in [-0.05, 0) is 50.3 Å². The molecule has 0 radical (unpaired) electrons. The molecule has 2 N–H and O–H groups in total. The van der Waals surface area contributed by atoms with Crippen LogP contribution in [-0.4, -0.2) is 26.6 Å². The average Bonchev–Trinajstić information content (AvgIpc) is 3.09. The number of nitrogens with two attached hydrogens (primary N) is 1. The highest BCUT2D eigenvalue weighted by Gasteiger charge is 2.29. The van der Waals surface area contributed by atoms with Gasteiger partial charge in [-0.15, -0.1) is 0 Å².